The Bertz CT molecular complexity index is 209. The van der Waals surface area contributed by atoms with Crippen molar-refractivity contribution >= 4 is 5.97 Å². The molecule has 1 N–H and O–H groups in total. The van der Waals surface area contributed by atoms with Crippen LogP contribution in [-0.4, -0.2) is 25.7 Å². The summed E-state index contributed by atoms with van der Waals surface area (Å²) in [5, 5.41) is 3.20. The van der Waals surface area contributed by atoms with E-state index in [1.54, 1.807) is 6.92 Å². The third-order valence-corrected chi connectivity index (χ3v) is 2.33. The molecule has 0 atom stereocenters. The van der Waals surface area contributed by atoms with E-state index in [1.807, 2.05) is 0 Å². The second kappa shape index (κ2) is 5.81. The van der Waals surface area contributed by atoms with Crippen LogP contribution in [-0.2, 0) is 9.53 Å². The molecule has 0 radical (unpaired) electrons. The fourth-order valence-electron chi connectivity index (χ4n) is 1.26. The van der Waals surface area contributed by atoms with E-state index in [2.05, 4.69) is 11.9 Å². The third kappa shape index (κ3) is 4.42. The van der Waals surface area contributed by atoms with Gasteiger partial charge in [-0.25, -0.2) is 4.79 Å². The van der Waals surface area contributed by atoms with Crippen molar-refractivity contribution in [1.82, 2.24) is 5.32 Å². The Morgan fingerprint density at radius 2 is 2.29 bits per heavy atom. The highest BCUT2D eigenvalue weighted by Gasteiger charge is 2.20. The lowest BCUT2D eigenvalue weighted by atomic mass is 10.2. The van der Waals surface area contributed by atoms with E-state index in [0.29, 0.717) is 18.7 Å². The van der Waals surface area contributed by atoms with Gasteiger partial charge in [-0.2, -0.15) is 0 Å². The lowest BCUT2D eigenvalue weighted by molar-refractivity contribution is -0.138. The van der Waals surface area contributed by atoms with Crippen molar-refractivity contribution in [2.75, 3.05) is 19.7 Å². The smallest absolute Gasteiger partial charge is 0.334 e. The summed E-state index contributed by atoms with van der Waals surface area (Å²) in [6.45, 7) is 7.40. The van der Waals surface area contributed by atoms with Gasteiger partial charge in [-0.3, -0.25) is 0 Å². The van der Waals surface area contributed by atoms with Gasteiger partial charge in [-0.15, -0.1) is 0 Å². The Morgan fingerprint density at radius 1 is 1.57 bits per heavy atom. The van der Waals surface area contributed by atoms with Crippen LogP contribution in [0.3, 0.4) is 0 Å². The van der Waals surface area contributed by atoms with Crippen LogP contribution < -0.4 is 5.32 Å². The number of carbonyl (C=O) groups excluding carboxylic acids is 1. The molecule has 0 aromatic rings. The molecule has 0 unspecified atom stereocenters. The molecular formula is C11H19NO2. The van der Waals surface area contributed by atoms with Crippen LogP contribution >= 0.6 is 0 Å². The predicted octanol–water partition coefficient (Wildman–Crippen LogP) is 1.50. The predicted molar refractivity (Wildman–Crippen MR) is 56.0 cm³/mol. The maximum Gasteiger partial charge on any atom is 0.334 e. The molecule has 80 valence electrons. The van der Waals surface area contributed by atoms with Crippen LogP contribution in [0.25, 0.3) is 0 Å². The Morgan fingerprint density at radius 3 is 2.86 bits per heavy atom. The minimum absolute atomic E-state index is 0.286. The number of rotatable bonds is 7. The highest BCUT2D eigenvalue weighted by atomic mass is 16.5. The monoisotopic (exact) mass is 197 g/mol. The summed E-state index contributed by atoms with van der Waals surface area (Å²) in [5.74, 6) is 0.643. The van der Waals surface area contributed by atoms with Gasteiger partial charge in [0.25, 0.3) is 0 Å². The summed E-state index contributed by atoms with van der Waals surface area (Å²) in [6, 6.07) is 0. The van der Waals surface area contributed by atoms with E-state index < -0.39 is 0 Å². The third-order valence-electron chi connectivity index (χ3n) is 2.33. The first-order valence-corrected chi connectivity index (χ1v) is 5.29. The number of ether oxygens (including phenoxy) is 1. The number of hydrogen-bond donors (Lipinski definition) is 1. The van der Waals surface area contributed by atoms with Crippen LogP contribution in [0.15, 0.2) is 12.2 Å². The molecule has 3 heteroatoms. The maximum atomic E-state index is 11.1. The summed E-state index contributed by atoms with van der Waals surface area (Å²) in [4.78, 5) is 11.1. The van der Waals surface area contributed by atoms with Gasteiger partial charge in [0.2, 0.25) is 0 Å². The van der Waals surface area contributed by atoms with E-state index in [1.165, 1.54) is 19.3 Å². The highest BCUT2D eigenvalue weighted by molar-refractivity contribution is 5.88. The van der Waals surface area contributed by atoms with Crippen molar-refractivity contribution in [3.05, 3.63) is 12.2 Å². The van der Waals surface area contributed by atoms with E-state index in [0.717, 1.165) is 12.5 Å². The molecule has 0 aromatic carbocycles. The summed E-state index contributed by atoms with van der Waals surface area (Å²) < 4.78 is 4.82. The van der Waals surface area contributed by atoms with Crippen LogP contribution in [0.1, 0.15) is 26.2 Å². The molecule has 0 aromatic heterocycles. The van der Waals surface area contributed by atoms with Gasteiger partial charge in [0.15, 0.2) is 0 Å². The highest BCUT2D eigenvalue weighted by Crippen LogP contribution is 2.31. The summed E-state index contributed by atoms with van der Waals surface area (Å²) in [6.07, 6.45) is 3.97. The molecule has 0 aliphatic heterocycles. The summed E-state index contributed by atoms with van der Waals surface area (Å²) in [7, 11) is 0. The zero-order valence-corrected chi connectivity index (χ0v) is 8.84. The quantitative estimate of drug-likeness (QED) is 0.382. The Labute approximate surface area is 85.5 Å². The van der Waals surface area contributed by atoms with Crippen LogP contribution in [0.2, 0.25) is 0 Å². The van der Waals surface area contributed by atoms with Gasteiger partial charge in [0.05, 0.1) is 6.61 Å². The van der Waals surface area contributed by atoms with Crippen molar-refractivity contribution in [2.45, 2.75) is 26.2 Å². The zero-order chi connectivity index (χ0) is 10.4. The molecule has 1 rings (SSSR count). The van der Waals surface area contributed by atoms with Gasteiger partial charge >= 0.3 is 5.97 Å². The molecule has 1 fully saturated rings. The van der Waals surface area contributed by atoms with Gasteiger partial charge in [-0.05, 0) is 25.8 Å². The molecule has 0 spiro atoms. The van der Waals surface area contributed by atoms with Crippen LogP contribution in [0.4, 0.5) is 0 Å². The molecule has 0 heterocycles. The first-order chi connectivity index (χ1) is 6.74. The van der Waals surface area contributed by atoms with Crippen molar-refractivity contribution < 1.29 is 9.53 Å². The lowest BCUT2D eigenvalue weighted by Gasteiger charge is -2.06. The van der Waals surface area contributed by atoms with E-state index in [9.17, 15) is 4.79 Å². The number of carbonyl (C=O) groups is 1. The van der Waals surface area contributed by atoms with Gasteiger partial charge in [0.1, 0.15) is 0 Å². The minimum Gasteiger partial charge on any atom is -0.463 e. The average Bonchev–Trinajstić information content (AvgIpc) is 2.96. The van der Waals surface area contributed by atoms with Gasteiger partial charge < -0.3 is 10.1 Å². The Kier molecular flexibility index (Phi) is 4.66. The average molecular weight is 197 g/mol. The fourth-order valence-corrected chi connectivity index (χ4v) is 1.26. The summed E-state index contributed by atoms with van der Waals surface area (Å²) in [5.41, 5.74) is 0.516. The molecule has 14 heavy (non-hydrogen) atoms. The largest absolute Gasteiger partial charge is 0.463 e. The van der Waals surface area contributed by atoms with Crippen molar-refractivity contribution in [2.24, 2.45) is 5.92 Å². The molecular weight excluding hydrogens is 178 g/mol. The van der Waals surface area contributed by atoms with Gasteiger partial charge in [0, 0.05) is 12.1 Å². The minimum atomic E-state index is -0.286. The molecule has 1 saturated carbocycles. The second-order valence-corrected chi connectivity index (χ2v) is 3.73. The Balaban J connectivity index is 1.98. The molecule has 0 amide bonds. The second-order valence-electron chi connectivity index (χ2n) is 3.73. The number of nitrogens with one attached hydrogen (secondary N) is 1. The van der Waals surface area contributed by atoms with E-state index in [-0.39, 0.29) is 5.97 Å². The van der Waals surface area contributed by atoms with Gasteiger partial charge in [-0.1, -0.05) is 19.4 Å². The standard InChI is InChI=1S/C11H19NO2/c1-3-14-11(13)9(2)8-12-7-6-10-4-5-10/h10,12H,2-8H2,1H3. The lowest BCUT2D eigenvalue weighted by Crippen LogP contribution is -2.23. The topological polar surface area (TPSA) is 38.3 Å². The maximum absolute atomic E-state index is 11.1. The van der Waals surface area contributed by atoms with Crippen molar-refractivity contribution in [1.29, 1.82) is 0 Å². The van der Waals surface area contributed by atoms with E-state index in [4.69, 9.17) is 4.74 Å². The molecule has 0 bridgehead atoms. The molecule has 3 nitrogen and oxygen atoms in total. The number of esters is 1. The van der Waals surface area contributed by atoms with Crippen molar-refractivity contribution in [3.8, 4) is 0 Å². The normalized spacial score (nSPS) is 15.2. The first-order valence-electron chi connectivity index (χ1n) is 5.29. The first kappa shape index (κ1) is 11.2. The fraction of sp³-hybridized carbons (Fsp3) is 0.727. The Hall–Kier alpha value is -0.830. The summed E-state index contributed by atoms with van der Waals surface area (Å²) >= 11 is 0. The van der Waals surface area contributed by atoms with Crippen LogP contribution in [0, 0.1) is 5.92 Å². The van der Waals surface area contributed by atoms with Crippen molar-refractivity contribution in [3.63, 3.8) is 0 Å². The number of hydrogen-bond acceptors (Lipinski definition) is 3. The van der Waals surface area contributed by atoms with E-state index >= 15 is 0 Å². The SMILES string of the molecule is C=C(CNCCC1CC1)C(=O)OCC. The molecule has 0 saturated heterocycles. The van der Waals surface area contributed by atoms with Crippen LogP contribution in [0.5, 0.6) is 0 Å². The zero-order valence-electron chi connectivity index (χ0n) is 8.84. The molecule has 1 aliphatic carbocycles. The molecule has 1 aliphatic rings.